The first-order valence-electron chi connectivity index (χ1n) is 11.4. The minimum atomic E-state index is -0.622. The molecule has 1 aromatic heterocycles. The topological polar surface area (TPSA) is 96.5 Å². The van der Waals surface area contributed by atoms with Gasteiger partial charge in [0.15, 0.2) is 5.75 Å². The number of nitrogens with zero attached hydrogens (tertiary/aromatic N) is 2. The highest BCUT2D eigenvalue weighted by Crippen LogP contribution is 2.42. The number of phenolic OH excluding ortho intramolecular Hbond substituents is 1. The molecule has 2 heterocycles. The zero-order valence-electron chi connectivity index (χ0n) is 19.9. The van der Waals surface area contributed by atoms with E-state index in [-0.39, 0.29) is 35.3 Å². The van der Waals surface area contributed by atoms with E-state index in [1.54, 1.807) is 19.1 Å². The second-order valence-corrected chi connectivity index (χ2v) is 9.66. The minimum absolute atomic E-state index is 0.0433. The Kier molecular flexibility index (Phi) is 5.68. The molecule has 0 saturated heterocycles. The molecule has 0 fully saturated rings. The van der Waals surface area contributed by atoms with E-state index < -0.39 is 23.4 Å². The summed E-state index contributed by atoms with van der Waals surface area (Å²) >= 11 is 6.17. The summed E-state index contributed by atoms with van der Waals surface area (Å²) in [5.74, 6) is -1.99. The lowest BCUT2D eigenvalue weighted by atomic mass is 9.98. The molecule has 1 aliphatic rings. The van der Waals surface area contributed by atoms with Crippen molar-refractivity contribution < 1.29 is 19.1 Å². The van der Waals surface area contributed by atoms with E-state index in [0.717, 1.165) is 21.6 Å². The van der Waals surface area contributed by atoms with Crippen molar-refractivity contribution in [2.75, 3.05) is 5.73 Å². The molecule has 0 spiro atoms. The molecule has 0 saturated carbocycles. The first-order valence-corrected chi connectivity index (χ1v) is 11.7. The van der Waals surface area contributed by atoms with E-state index in [0.29, 0.717) is 27.1 Å². The van der Waals surface area contributed by atoms with Crippen LogP contribution in [0.5, 0.6) is 5.75 Å². The van der Waals surface area contributed by atoms with Gasteiger partial charge in [0.25, 0.3) is 11.8 Å². The van der Waals surface area contributed by atoms with E-state index in [1.165, 1.54) is 12.3 Å². The molecule has 3 N–H and O–H groups in total. The Balaban J connectivity index is 1.56. The smallest absolute Gasteiger partial charge is 0.265 e. The van der Waals surface area contributed by atoms with Crippen LogP contribution < -0.4 is 5.73 Å². The van der Waals surface area contributed by atoms with Crippen LogP contribution >= 0.6 is 11.6 Å². The molecule has 3 aromatic carbocycles. The highest BCUT2D eigenvalue weighted by Gasteiger charge is 2.41. The Bertz CT molecular complexity index is 1620. The summed E-state index contributed by atoms with van der Waals surface area (Å²) in [5.41, 5.74) is 10.8. The number of benzene rings is 3. The van der Waals surface area contributed by atoms with Crippen LogP contribution in [0.25, 0.3) is 10.9 Å². The van der Waals surface area contributed by atoms with Gasteiger partial charge in [0, 0.05) is 23.0 Å². The first-order chi connectivity index (χ1) is 17.1. The number of fused-ring (bicyclic) bond motifs is 2. The maximum atomic E-state index is 14.5. The minimum Gasteiger partial charge on any atom is -0.505 e. The maximum absolute atomic E-state index is 14.5. The zero-order chi connectivity index (χ0) is 25.9. The Labute approximate surface area is 212 Å². The molecule has 1 aliphatic heterocycles. The molecule has 0 bridgehead atoms. The number of aromatic hydroxyl groups is 1. The molecular weight excluding hydrogens is 481 g/mol. The van der Waals surface area contributed by atoms with Gasteiger partial charge in [0.1, 0.15) is 11.3 Å². The van der Waals surface area contributed by atoms with Gasteiger partial charge in [-0.25, -0.2) is 4.39 Å². The fraction of sp³-hybridized carbons (Fsp3) is 0.179. The van der Waals surface area contributed by atoms with Crippen LogP contribution in [0.1, 0.15) is 54.1 Å². The molecule has 6 nitrogen and oxygen atoms in total. The Morgan fingerprint density at radius 3 is 2.44 bits per heavy atom. The van der Waals surface area contributed by atoms with Crippen LogP contribution in [-0.4, -0.2) is 26.8 Å². The number of nitrogen functional groups attached to an aromatic ring is 1. The van der Waals surface area contributed by atoms with Crippen molar-refractivity contribution in [2.24, 2.45) is 0 Å². The normalized spacial score (nSPS) is 13.1. The van der Waals surface area contributed by atoms with Gasteiger partial charge in [-0.3, -0.25) is 19.5 Å². The van der Waals surface area contributed by atoms with E-state index >= 15 is 0 Å². The van der Waals surface area contributed by atoms with E-state index in [9.17, 15) is 19.1 Å². The number of phenols is 1. The number of rotatable bonds is 4. The predicted molar refractivity (Wildman–Crippen MR) is 137 cm³/mol. The van der Waals surface area contributed by atoms with E-state index in [1.807, 2.05) is 32.0 Å². The molecule has 8 heteroatoms. The predicted octanol–water partition coefficient (Wildman–Crippen LogP) is 5.63. The summed E-state index contributed by atoms with van der Waals surface area (Å²) in [6.45, 7) is 5.65. The van der Waals surface area contributed by atoms with Crippen LogP contribution in [0.15, 0.2) is 42.6 Å². The number of hydrogen-bond acceptors (Lipinski definition) is 5. The van der Waals surface area contributed by atoms with Crippen molar-refractivity contribution in [3.05, 3.63) is 97.9 Å². The monoisotopic (exact) mass is 503 g/mol. The molecule has 0 atom stereocenters. The highest BCUT2D eigenvalue weighted by atomic mass is 35.5. The first kappa shape index (κ1) is 23.8. The van der Waals surface area contributed by atoms with Gasteiger partial charge in [0.2, 0.25) is 0 Å². The molecule has 4 aromatic rings. The van der Waals surface area contributed by atoms with Gasteiger partial charge in [-0.15, -0.1) is 0 Å². The number of anilines is 1. The van der Waals surface area contributed by atoms with Gasteiger partial charge < -0.3 is 10.8 Å². The average molecular weight is 504 g/mol. The quantitative estimate of drug-likeness (QED) is 0.214. The number of amides is 2. The average Bonchev–Trinajstić information content (AvgIpc) is 3.07. The van der Waals surface area contributed by atoms with Crippen LogP contribution in [0.4, 0.5) is 10.1 Å². The Morgan fingerprint density at radius 1 is 1.00 bits per heavy atom. The van der Waals surface area contributed by atoms with Crippen LogP contribution in [0.3, 0.4) is 0 Å². The van der Waals surface area contributed by atoms with Crippen molar-refractivity contribution in [3.8, 4) is 5.75 Å². The number of halogens is 2. The molecule has 2 amide bonds. The lowest BCUT2D eigenvalue weighted by Gasteiger charge is -2.16. The van der Waals surface area contributed by atoms with Crippen molar-refractivity contribution in [3.63, 3.8) is 0 Å². The largest absolute Gasteiger partial charge is 0.505 e. The lowest BCUT2D eigenvalue weighted by Crippen LogP contribution is -2.29. The van der Waals surface area contributed by atoms with Crippen molar-refractivity contribution in [2.45, 2.75) is 33.7 Å². The molecule has 0 unspecified atom stereocenters. The molecule has 0 radical (unpaired) electrons. The number of imide groups is 1. The van der Waals surface area contributed by atoms with Crippen molar-refractivity contribution >= 4 is 40.0 Å². The van der Waals surface area contributed by atoms with Gasteiger partial charge in [0.05, 0.1) is 23.4 Å². The number of hydrogen-bond donors (Lipinski definition) is 2. The number of pyridine rings is 1. The summed E-state index contributed by atoms with van der Waals surface area (Å²) in [6, 6.07) is 10.3. The molecule has 5 rings (SSSR count). The number of aryl methyl sites for hydroxylation is 3. The van der Waals surface area contributed by atoms with Gasteiger partial charge in [-0.1, -0.05) is 35.4 Å². The molecular formula is C28H23ClFN3O3. The molecule has 0 aliphatic carbocycles. The Morgan fingerprint density at radius 2 is 1.72 bits per heavy atom. The summed E-state index contributed by atoms with van der Waals surface area (Å²) in [5, 5.41) is 11.7. The summed E-state index contributed by atoms with van der Waals surface area (Å²) in [7, 11) is 0. The van der Waals surface area contributed by atoms with E-state index in [2.05, 4.69) is 4.98 Å². The number of nitrogens with two attached hydrogens (primary N) is 1. The molecule has 36 heavy (non-hydrogen) atoms. The van der Waals surface area contributed by atoms with Crippen LogP contribution in [0.2, 0.25) is 5.02 Å². The van der Waals surface area contributed by atoms with Crippen LogP contribution in [0, 0.1) is 26.6 Å². The van der Waals surface area contributed by atoms with Gasteiger partial charge >= 0.3 is 0 Å². The SMILES string of the molecule is Cc1ccc(CN2C(=O)c3c(c(O)c4ncc(Cc5cc(Cl)c(C)cc5F)cc4c3N)C2=O)c(C)c1. The van der Waals surface area contributed by atoms with Gasteiger partial charge in [-0.05, 0) is 66.8 Å². The standard InChI is InChI=1S/C28H23ClFN3O3/c1-13-4-5-17(14(2)6-13)12-33-27(35)22-23(28(33)36)26(34)25-19(24(22)31)9-16(11-32-25)8-18-10-20(29)15(3)7-21(18)30/h4-7,9-11,34H,8,12,31H2,1-3H3. The fourth-order valence-electron chi connectivity index (χ4n) is 4.68. The van der Waals surface area contributed by atoms with Crippen molar-refractivity contribution in [1.29, 1.82) is 0 Å². The second-order valence-electron chi connectivity index (χ2n) is 9.25. The zero-order valence-corrected chi connectivity index (χ0v) is 20.7. The summed E-state index contributed by atoms with van der Waals surface area (Å²) < 4.78 is 14.5. The van der Waals surface area contributed by atoms with E-state index in [4.69, 9.17) is 17.3 Å². The molecule has 182 valence electrons. The Hall–Kier alpha value is -3.97. The summed E-state index contributed by atoms with van der Waals surface area (Å²) in [6.07, 6.45) is 1.66. The number of carbonyl (C=O) groups is 2. The van der Waals surface area contributed by atoms with Gasteiger partial charge in [-0.2, -0.15) is 0 Å². The number of aromatic nitrogens is 1. The summed E-state index contributed by atoms with van der Waals surface area (Å²) in [4.78, 5) is 31.9. The lowest BCUT2D eigenvalue weighted by molar-refractivity contribution is 0.0642. The van der Waals surface area contributed by atoms with Crippen molar-refractivity contribution in [1.82, 2.24) is 9.88 Å². The third kappa shape index (κ3) is 3.76. The third-order valence-corrected chi connectivity index (χ3v) is 7.09. The maximum Gasteiger partial charge on any atom is 0.265 e. The highest BCUT2D eigenvalue weighted by molar-refractivity contribution is 6.31. The fourth-order valence-corrected chi connectivity index (χ4v) is 4.86. The van der Waals surface area contributed by atoms with Crippen LogP contribution in [-0.2, 0) is 13.0 Å². The number of carbonyl (C=O) groups excluding carboxylic acids is 2. The second kappa shape index (κ2) is 8.60. The third-order valence-electron chi connectivity index (χ3n) is 6.68.